The lowest BCUT2D eigenvalue weighted by molar-refractivity contribution is 0.191. The van der Waals surface area contributed by atoms with Gasteiger partial charge in [0.05, 0.1) is 5.54 Å². The van der Waals surface area contributed by atoms with Gasteiger partial charge in [-0.1, -0.05) is 0 Å². The molecule has 14 heavy (non-hydrogen) atoms. The summed E-state index contributed by atoms with van der Waals surface area (Å²) < 4.78 is 0. The summed E-state index contributed by atoms with van der Waals surface area (Å²) >= 11 is 3.97. The minimum atomic E-state index is 0.384. The van der Waals surface area contributed by atoms with Crippen molar-refractivity contribution in [2.24, 2.45) is 0 Å². The molecule has 0 amide bonds. The molecule has 0 bridgehead atoms. The van der Waals surface area contributed by atoms with Crippen LogP contribution < -0.4 is 5.32 Å². The van der Waals surface area contributed by atoms with Crippen molar-refractivity contribution in [3.05, 3.63) is 21.9 Å². The van der Waals surface area contributed by atoms with Crippen molar-refractivity contribution in [3.63, 3.8) is 0 Å². The van der Waals surface area contributed by atoms with Gasteiger partial charge in [0, 0.05) is 16.7 Å². The van der Waals surface area contributed by atoms with E-state index in [1.165, 1.54) is 25.8 Å². The van der Waals surface area contributed by atoms with E-state index >= 15 is 0 Å². The zero-order chi connectivity index (χ0) is 9.60. The lowest BCUT2D eigenvalue weighted by Crippen LogP contribution is -2.56. The highest BCUT2D eigenvalue weighted by Crippen LogP contribution is 2.50. The Morgan fingerprint density at radius 1 is 1.57 bits per heavy atom. The number of fused-ring (bicyclic) bond motifs is 2. The lowest BCUT2D eigenvalue weighted by Gasteiger charge is -2.50. The Hall–Kier alpha value is 0.01000. The zero-order valence-corrected chi connectivity index (χ0v) is 10.0. The van der Waals surface area contributed by atoms with E-state index in [1.54, 1.807) is 10.4 Å². The van der Waals surface area contributed by atoms with Gasteiger partial charge in [0.25, 0.3) is 0 Å². The van der Waals surface area contributed by atoms with Gasteiger partial charge in [-0.2, -0.15) is 11.8 Å². The minimum absolute atomic E-state index is 0.384. The third-order valence-electron chi connectivity index (χ3n) is 3.52. The molecule has 0 saturated heterocycles. The summed E-state index contributed by atoms with van der Waals surface area (Å²) in [7, 11) is 0. The Bertz CT molecular complexity index is 339. The number of hydrogen-bond donors (Lipinski definition) is 1. The van der Waals surface area contributed by atoms with E-state index < -0.39 is 0 Å². The summed E-state index contributed by atoms with van der Waals surface area (Å²) in [5.41, 5.74) is 1.99. The number of rotatable bonds is 1. The molecule has 3 rings (SSSR count). The third kappa shape index (κ3) is 1.19. The van der Waals surface area contributed by atoms with Crippen LogP contribution in [0, 0.1) is 0 Å². The number of hydrogen-bond acceptors (Lipinski definition) is 3. The first kappa shape index (κ1) is 9.25. The van der Waals surface area contributed by atoms with Crippen LogP contribution in [0.4, 0.5) is 0 Å². The molecule has 1 fully saturated rings. The second-order valence-corrected chi connectivity index (χ2v) is 6.35. The number of thiophene rings is 1. The molecule has 1 N–H and O–H groups in total. The molecule has 1 aromatic rings. The van der Waals surface area contributed by atoms with Gasteiger partial charge in [-0.25, -0.2) is 0 Å². The molecule has 2 heterocycles. The summed E-state index contributed by atoms with van der Waals surface area (Å²) in [6, 6.07) is 2.31. The van der Waals surface area contributed by atoms with Crippen molar-refractivity contribution < 1.29 is 0 Å². The van der Waals surface area contributed by atoms with Gasteiger partial charge in [-0.05, 0) is 42.5 Å². The van der Waals surface area contributed by atoms with Crippen LogP contribution in [0.3, 0.4) is 0 Å². The smallest absolute Gasteiger partial charge is 0.0552 e. The van der Waals surface area contributed by atoms with Gasteiger partial charge in [-0.3, -0.25) is 0 Å². The van der Waals surface area contributed by atoms with Crippen LogP contribution in [0.15, 0.2) is 11.4 Å². The average Bonchev–Trinajstić information content (AvgIpc) is 2.61. The maximum absolute atomic E-state index is 3.74. The van der Waals surface area contributed by atoms with E-state index in [0.29, 0.717) is 5.54 Å². The second-order valence-electron chi connectivity index (χ2n) is 4.30. The fourth-order valence-electron chi connectivity index (χ4n) is 2.68. The highest BCUT2D eigenvalue weighted by atomic mass is 32.2. The maximum atomic E-state index is 3.74. The molecular weight excluding hydrogens is 210 g/mol. The second kappa shape index (κ2) is 3.26. The number of thioether (sulfide) groups is 1. The van der Waals surface area contributed by atoms with Crippen LogP contribution in [0.1, 0.15) is 23.3 Å². The maximum Gasteiger partial charge on any atom is 0.0552 e. The summed E-state index contributed by atoms with van der Waals surface area (Å²) in [5, 5.41) is 6.88. The van der Waals surface area contributed by atoms with E-state index in [2.05, 4.69) is 23.0 Å². The van der Waals surface area contributed by atoms with Gasteiger partial charge in [0.15, 0.2) is 0 Å². The van der Waals surface area contributed by atoms with Crippen LogP contribution >= 0.6 is 23.1 Å². The molecule has 1 aliphatic heterocycles. The van der Waals surface area contributed by atoms with Crippen molar-refractivity contribution in [2.45, 2.75) is 30.1 Å². The predicted molar refractivity (Wildman–Crippen MR) is 64.2 cm³/mol. The van der Waals surface area contributed by atoms with E-state index in [0.717, 1.165) is 5.25 Å². The van der Waals surface area contributed by atoms with Crippen molar-refractivity contribution >= 4 is 23.1 Å². The van der Waals surface area contributed by atoms with Crippen LogP contribution in [0.5, 0.6) is 0 Å². The summed E-state index contributed by atoms with van der Waals surface area (Å²) in [4.78, 5) is 1.63. The van der Waals surface area contributed by atoms with E-state index in [1.807, 2.05) is 23.1 Å². The molecule has 1 spiro atoms. The molecule has 0 unspecified atom stereocenters. The van der Waals surface area contributed by atoms with Gasteiger partial charge in [0.1, 0.15) is 0 Å². The van der Waals surface area contributed by atoms with Crippen LogP contribution in [-0.4, -0.2) is 18.1 Å². The van der Waals surface area contributed by atoms with Gasteiger partial charge < -0.3 is 5.32 Å². The Morgan fingerprint density at radius 2 is 2.43 bits per heavy atom. The normalized spacial score (nSPS) is 35.4. The Kier molecular flexibility index (Phi) is 2.15. The Labute approximate surface area is 93.3 Å². The van der Waals surface area contributed by atoms with Crippen molar-refractivity contribution in [3.8, 4) is 0 Å². The quantitative estimate of drug-likeness (QED) is 0.788. The van der Waals surface area contributed by atoms with E-state index in [9.17, 15) is 0 Å². The van der Waals surface area contributed by atoms with Crippen molar-refractivity contribution in [1.82, 2.24) is 5.32 Å². The van der Waals surface area contributed by atoms with Gasteiger partial charge in [0.2, 0.25) is 0 Å². The highest BCUT2D eigenvalue weighted by Gasteiger charge is 2.47. The van der Waals surface area contributed by atoms with Crippen LogP contribution in [-0.2, 0) is 12.0 Å². The fourth-order valence-corrected chi connectivity index (χ4v) is 4.74. The molecule has 2 aliphatic rings. The lowest BCUT2D eigenvalue weighted by atomic mass is 9.72. The minimum Gasteiger partial charge on any atom is -0.306 e. The van der Waals surface area contributed by atoms with Gasteiger partial charge in [-0.15, -0.1) is 11.3 Å². The standard InChI is InChI=1S/C11H15NS2/c1-13-9-6-11(7-9)10-8(2-4-12-11)3-5-14-10/h3,5,9,12H,2,4,6-7H2,1H3. The van der Waals surface area contributed by atoms with Crippen molar-refractivity contribution in [1.29, 1.82) is 0 Å². The molecule has 1 saturated carbocycles. The molecular formula is C11H15NS2. The topological polar surface area (TPSA) is 12.0 Å². The molecule has 0 aromatic carbocycles. The molecule has 1 aromatic heterocycles. The van der Waals surface area contributed by atoms with Crippen molar-refractivity contribution in [2.75, 3.05) is 12.8 Å². The molecule has 3 heteroatoms. The van der Waals surface area contributed by atoms with Gasteiger partial charge >= 0.3 is 0 Å². The predicted octanol–water partition coefficient (Wildman–Crippen LogP) is 2.61. The van der Waals surface area contributed by atoms with E-state index in [4.69, 9.17) is 0 Å². The fraction of sp³-hybridized carbons (Fsp3) is 0.636. The van der Waals surface area contributed by atoms with Crippen LogP contribution in [0.25, 0.3) is 0 Å². The Morgan fingerprint density at radius 3 is 3.21 bits per heavy atom. The van der Waals surface area contributed by atoms with E-state index in [-0.39, 0.29) is 0 Å². The molecule has 1 aliphatic carbocycles. The van der Waals surface area contributed by atoms with Crippen LogP contribution in [0.2, 0.25) is 0 Å². The summed E-state index contributed by atoms with van der Waals surface area (Å²) in [6.45, 7) is 1.17. The Balaban J connectivity index is 1.91. The molecule has 0 atom stereocenters. The first-order valence-corrected chi connectivity index (χ1v) is 7.35. The summed E-state index contributed by atoms with van der Waals surface area (Å²) in [6.07, 6.45) is 6.13. The first-order valence-electron chi connectivity index (χ1n) is 5.19. The third-order valence-corrected chi connectivity index (χ3v) is 5.69. The highest BCUT2D eigenvalue weighted by molar-refractivity contribution is 7.99. The first-order chi connectivity index (χ1) is 6.84. The SMILES string of the molecule is CSC1CC2(C1)NCCc1ccsc12. The molecule has 76 valence electrons. The summed E-state index contributed by atoms with van der Waals surface area (Å²) in [5.74, 6) is 0. The zero-order valence-electron chi connectivity index (χ0n) is 8.38. The monoisotopic (exact) mass is 225 g/mol. The average molecular weight is 225 g/mol. The largest absolute Gasteiger partial charge is 0.306 e. The molecule has 1 nitrogen and oxygen atoms in total. The number of nitrogens with one attached hydrogen (secondary N) is 1. The molecule has 0 radical (unpaired) electrons.